The van der Waals surface area contributed by atoms with Gasteiger partial charge in [0.15, 0.2) is 0 Å². The van der Waals surface area contributed by atoms with Gasteiger partial charge in [0.2, 0.25) is 0 Å². The Morgan fingerprint density at radius 3 is 2.16 bits per heavy atom. The molecule has 1 rings (SSSR count). The Hall–Kier alpha value is -1.23. The Labute approximate surface area is 112 Å². The van der Waals surface area contributed by atoms with Gasteiger partial charge in [0, 0.05) is 6.04 Å². The van der Waals surface area contributed by atoms with Gasteiger partial charge >= 0.3 is 6.36 Å². The standard InChI is InChI=1S/C14H20F3NO/c1-10(2)13(18-3)9-6-11-4-7-12(8-5-11)19-14(15,16)17/h4-5,7-8,10,13,18H,6,9H2,1-3H3. The van der Waals surface area contributed by atoms with E-state index in [1.807, 2.05) is 7.05 Å². The molecule has 0 aliphatic rings. The first kappa shape index (κ1) is 15.8. The van der Waals surface area contributed by atoms with Crippen molar-refractivity contribution in [2.24, 2.45) is 5.92 Å². The number of hydrogen-bond donors (Lipinski definition) is 1. The molecule has 1 aromatic carbocycles. The van der Waals surface area contributed by atoms with E-state index in [1.54, 1.807) is 12.1 Å². The molecule has 5 heteroatoms. The van der Waals surface area contributed by atoms with Crippen molar-refractivity contribution >= 4 is 0 Å². The second-order valence-electron chi connectivity index (χ2n) is 4.87. The van der Waals surface area contributed by atoms with Crippen molar-refractivity contribution in [1.29, 1.82) is 0 Å². The highest BCUT2D eigenvalue weighted by Crippen LogP contribution is 2.23. The van der Waals surface area contributed by atoms with E-state index in [0.717, 1.165) is 18.4 Å². The van der Waals surface area contributed by atoms with E-state index < -0.39 is 6.36 Å². The molecule has 19 heavy (non-hydrogen) atoms. The molecule has 0 spiro atoms. The SMILES string of the molecule is CNC(CCc1ccc(OC(F)(F)F)cc1)C(C)C. The van der Waals surface area contributed by atoms with Gasteiger partial charge in [0.05, 0.1) is 0 Å². The molecule has 2 nitrogen and oxygen atoms in total. The van der Waals surface area contributed by atoms with Gasteiger partial charge in [0.25, 0.3) is 0 Å². The number of rotatable bonds is 6. The third kappa shape index (κ3) is 5.96. The van der Waals surface area contributed by atoms with E-state index in [4.69, 9.17) is 0 Å². The quantitative estimate of drug-likeness (QED) is 0.853. The molecule has 0 bridgehead atoms. The van der Waals surface area contributed by atoms with E-state index in [1.165, 1.54) is 12.1 Å². The maximum absolute atomic E-state index is 12.0. The van der Waals surface area contributed by atoms with E-state index in [0.29, 0.717) is 12.0 Å². The van der Waals surface area contributed by atoms with Crippen molar-refractivity contribution in [1.82, 2.24) is 5.32 Å². The summed E-state index contributed by atoms with van der Waals surface area (Å²) >= 11 is 0. The number of ether oxygens (including phenoxy) is 1. The first-order valence-corrected chi connectivity index (χ1v) is 6.34. The molecule has 0 radical (unpaired) electrons. The summed E-state index contributed by atoms with van der Waals surface area (Å²) in [5, 5.41) is 3.24. The summed E-state index contributed by atoms with van der Waals surface area (Å²) in [6.45, 7) is 4.28. The van der Waals surface area contributed by atoms with Crippen LogP contribution in [0.15, 0.2) is 24.3 Å². The van der Waals surface area contributed by atoms with Crippen molar-refractivity contribution in [2.45, 2.75) is 39.1 Å². The summed E-state index contributed by atoms with van der Waals surface area (Å²) in [5.74, 6) is 0.350. The highest BCUT2D eigenvalue weighted by Gasteiger charge is 2.30. The highest BCUT2D eigenvalue weighted by atomic mass is 19.4. The van der Waals surface area contributed by atoms with Crippen molar-refractivity contribution in [3.63, 3.8) is 0 Å². The number of halogens is 3. The minimum atomic E-state index is -4.63. The molecule has 0 heterocycles. The summed E-state index contributed by atoms with van der Waals surface area (Å²) in [5.41, 5.74) is 1.01. The molecule has 108 valence electrons. The third-order valence-corrected chi connectivity index (χ3v) is 3.08. The van der Waals surface area contributed by atoms with E-state index in [-0.39, 0.29) is 5.75 Å². The molecule has 0 aromatic heterocycles. The van der Waals surface area contributed by atoms with Gasteiger partial charge in [-0.05, 0) is 43.5 Å². The Bertz CT molecular complexity index is 373. The van der Waals surface area contributed by atoms with Crippen LogP contribution >= 0.6 is 0 Å². The molecule has 1 atom stereocenters. The van der Waals surface area contributed by atoms with Crippen molar-refractivity contribution < 1.29 is 17.9 Å². The molecule has 0 aliphatic carbocycles. The summed E-state index contributed by atoms with van der Waals surface area (Å²) < 4.78 is 39.8. The predicted octanol–water partition coefficient (Wildman–Crippen LogP) is 3.76. The second-order valence-corrected chi connectivity index (χ2v) is 4.87. The van der Waals surface area contributed by atoms with Crippen LogP contribution in [0.4, 0.5) is 13.2 Å². The Morgan fingerprint density at radius 2 is 1.74 bits per heavy atom. The van der Waals surface area contributed by atoms with E-state index in [2.05, 4.69) is 23.9 Å². The third-order valence-electron chi connectivity index (χ3n) is 3.08. The average molecular weight is 275 g/mol. The Morgan fingerprint density at radius 1 is 1.16 bits per heavy atom. The van der Waals surface area contributed by atoms with Crippen LogP contribution in [0.2, 0.25) is 0 Å². The minimum absolute atomic E-state index is 0.176. The van der Waals surface area contributed by atoms with Gasteiger partial charge < -0.3 is 10.1 Å². The van der Waals surface area contributed by atoms with Gasteiger partial charge in [-0.15, -0.1) is 13.2 Å². The largest absolute Gasteiger partial charge is 0.573 e. The molecule has 0 fully saturated rings. The molecule has 0 saturated carbocycles. The zero-order valence-corrected chi connectivity index (χ0v) is 11.4. The number of nitrogens with one attached hydrogen (secondary N) is 1. The van der Waals surface area contributed by atoms with Gasteiger partial charge in [-0.2, -0.15) is 0 Å². The smallest absolute Gasteiger partial charge is 0.406 e. The number of aryl methyl sites for hydroxylation is 1. The van der Waals surface area contributed by atoms with Gasteiger partial charge in [-0.1, -0.05) is 26.0 Å². The summed E-state index contributed by atoms with van der Waals surface area (Å²) in [6, 6.07) is 6.47. The summed E-state index contributed by atoms with van der Waals surface area (Å²) in [4.78, 5) is 0. The molecule has 0 amide bonds. The van der Waals surface area contributed by atoms with E-state index >= 15 is 0 Å². The highest BCUT2D eigenvalue weighted by molar-refractivity contribution is 5.27. The minimum Gasteiger partial charge on any atom is -0.406 e. The lowest BCUT2D eigenvalue weighted by atomic mass is 9.97. The molecule has 0 aliphatic heterocycles. The number of alkyl halides is 3. The van der Waals surface area contributed by atoms with Crippen LogP contribution in [0.5, 0.6) is 5.75 Å². The molecule has 1 aromatic rings. The lowest BCUT2D eigenvalue weighted by Gasteiger charge is -2.20. The topological polar surface area (TPSA) is 21.3 Å². The van der Waals surface area contributed by atoms with Crippen LogP contribution in [0.25, 0.3) is 0 Å². The second kappa shape index (κ2) is 6.80. The van der Waals surface area contributed by atoms with Gasteiger partial charge in [0.1, 0.15) is 5.75 Å². The van der Waals surface area contributed by atoms with Crippen molar-refractivity contribution in [3.8, 4) is 5.75 Å². The van der Waals surface area contributed by atoms with Crippen LogP contribution in [-0.2, 0) is 6.42 Å². The monoisotopic (exact) mass is 275 g/mol. The lowest BCUT2D eigenvalue weighted by molar-refractivity contribution is -0.274. The first-order valence-electron chi connectivity index (χ1n) is 6.34. The Kier molecular flexibility index (Phi) is 5.66. The maximum atomic E-state index is 12.0. The van der Waals surface area contributed by atoms with Crippen LogP contribution in [0, 0.1) is 5.92 Å². The summed E-state index contributed by atoms with van der Waals surface area (Å²) in [7, 11) is 1.92. The first-order chi connectivity index (χ1) is 8.81. The van der Waals surface area contributed by atoms with Gasteiger partial charge in [-0.25, -0.2) is 0 Å². The average Bonchev–Trinajstić information content (AvgIpc) is 2.29. The van der Waals surface area contributed by atoms with Crippen LogP contribution < -0.4 is 10.1 Å². The van der Waals surface area contributed by atoms with E-state index in [9.17, 15) is 13.2 Å². The summed E-state index contributed by atoms with van der Waals surface area (Å²) in [6.07, 6.45) is -2.85. The fourth-order valence-corrected chi connectivity index (χ4v) is 1.99. The fourth-order valence-electron chi connectivity index (χ4n) is 1.99. The van der Waals surface area contributed by atoms with Crippen molar-refractivity contribution in [2.75, 3.05) is 7.05 Å². The molecule has 1 unspecified atom stereocenters. The normalized spacial score (nSPS) is 13.6. The molecular formula is C14H20F3NO. The van der Waals surface area contributed by atoms with Crippen LogP contribution in [0.3, 0.4) is 0 Å². The molecular weight excluding hydrogens is 255 g/mol. The number of hydrogen-bond acceptors (Lipinski definition) is 2. The zero-order chi connectivity index (χ0) is 14.5. The maximum Gasteiger partial charge on any atom is 0.573 e. The molecule has 0 saturated heterocycles. The molecule has 1 N–H and O–H groups in total. The van der Waals surface area contributed by atoms with Crippen LogP contribution in [-0.4, -0.2) is 19.5 Å². The van der Waals surface area contributed by atoms with Crippen LogP contribution in [0.1, 0.15) is 25.8 Å². The fraction of sp³-hybridized carbons (Fsp3) is 0.571. The van der Waals surface area contributed by atoms with Crippen molar-refractivity contribution in [3.05, 3.63) is 29.8 Å². The predicted molar refractivity (Wildman–Crippen MR) is 69.1 cm³/mol. The Balaban J connectivity index is 2.53. The van der Waals surface area contributed by atoms with Gasteiger partial charge in [-0.3, -0.25) is 0 Å². The lowest BCUT2D eigenvalue weighted by Crippen LogP contribution is -2.30. The number of benzene rings is 1. The zero-order valence-electron chi connectivity index (χ0n) is 11.4.